The summed E-state index contributed by atoms with van der Waals surface area (Å²) in [5, 5.41) is 7.39. The van der Waals surface area contributed by atoms with Crippen molar-refractivity contribution in [3.63, 3.8) is 0 Å². The first-order chi connectivity index (χ1) is 10.1. The third-order valence-corrected chi connectivity index (χ3v) is 4.51. The first-order valence-corrected chi connectivity index (χ1v) is 8.41. The van der Waals surface area contributed by atoms with Gasteiger partial charge in [0.2, 0.25) is 10.0 Å². The average Bonchev–Trinajstić information content (AvgIpc) is 2.97. The van der Waals surface area contributed by atoms with Crippen LogP contribution in [0.5, 0.6) is 0 Å². The van der Waals surface area contributed by atoms with E-state index in [2.05, 4.69) is 15.1 Å². The number of nitrogens with zero attached hydrogens (tertiary/aromatic N) is 2. The fourth-order valence-corrected chi connectivity index (χ4v) is 2.97. The molecule has 0 aliphatic heterocycles. The van der Waals surface area contributed by atoms with Crippen molar-refractivity contribution in [3.05, 3.63) is 42.7 Å². The first kappa shape index (κ1) is 15.5. The Morgan fingerprint density at radius 3 is 2.62 bits per heavy atom. The molecular weight excluding hydrogens is 288 g/mol. The van der Waals surface area contributed by atoms with Gasteiger partial charge in [0.15, 0.2) is 0 Å². The maximum Gasteiger partial charge on any atom is 0.240 e. The molecule has 114 valence electrons. The van der Waals surface area contributed by atoms with E-state index in [1.54, 1.807) is 37.4 Å². The molecule has 2 rings (SSSR count). The standard InChI is InChI=1S/C14H20N4O2S/c1-2-17-21(19,20)14-7-5-13(6-8-14)15-9-3-11-18-12-4-10-16-18/h4-8,10,12,15,17H,2-3,9,11H2,1H3. The van der Waals surface area contributed by atoms with E-state index in [1.165, 1.54) is 0 Å². The number of rotatable bonds is 8. The van der Waals surface area contributed by atoms with Gasteiger partial charge in [-0.25, -0.2) is 13.1 Å². The van der Waals surface area contributed by atoms with Crippen LogP contribution in [0.4, 0.5) is 5.69 Å². The molecule has 0 fully saturated rings. The summed E-state index contributed by atoms with van der Waals surface area (Å²) in [6, 6.07) is 8.66. The molecule has 0 unspecified atom stereocenters. The molecule has 0 bridgehead atoms. The maximum atomic E-state index is 11.8. The van der Waals surface area contributed by atoms with Gasteiger partial charge < -0.3 is 5.32 Å². The van der Waals surface area contributed by atoms with E-state index in [4.69, 9.17) is 0 Å². The highest BCUT2D eigenvalue weighted by Crippen LogP contribution is 2.13. The summed E-state index contributed by atoms with van der Waals surface area (Å²) < 4.78 is 27.9. The van der Waals surface area contributed by atoms with E-state index in [1.807, 2.05) is 16.9 Å². The van der Waals surface area contributed by atoms with Gasteiger partial charge in [0.25, 0.3) is 0 Å². The van der Waals surface area contributed by atoms with Crippen molar-refractivity contribution in [1.29, 1.82) is 0 Å². The third kappa shape index (κ3) is 4.57. The molecule has 1 aromatic carbocycles. The number of hydrogen-bond acceptors (Lipinski definition) is 4. The zero-order valence-electron chi connectivity index (χ0n) is 12.0. The Bertz CT molecular complexity index is 636. The molecule has 2 N–H and O–H groups in total. The van der Waals surface area contributed by atoms with Crippen LogP contribution < -0.4 is 10.0 Å². The summed E-state index contributed by atoms with van der Waals surface area (Å²) in [6.45, 7) is 3.80. The molecule has 0 aliphatic carbocycles. The van der Waals surface area contributed by atoms with E-state index in [0.717, 1.165) is 25.2 Å². The van der Waals surface area contributed by atoms with Crippen LogP contribution in [-0.4, -0.2) is 31.3 Å². The van der Waals surface area contributed by atoms with Gasteiger partial charge in [0, 0.05) is 37.7 Å². The lowest BCUT2D eigenvalue weighted by Gasteiger charge is -2.08. The van der Waals surface area contributed by atoms with Crippen LogP contribution in [0.15, 0.2) is 47.6 Å². The van der Waals surface area contributed by atoms with Crippen LogP contribution in [0.25, 0.3) is 0 Å². The molecule has 0 atom stereocenters. The average molecular weight is 308 g/mol. The highest BCUT2D eigenvalue weighted by atomic mass is 32.2. The fourth-order valence-electron chi connectivity index (χ4n) is 1.93. The van der Waals surface area contributed by atoms with E-state index in [0.29, 0.717) is 6.54 Å². The number of aromatic nitrogens is 2. The zero-order chi connectivity index (χ0) is 15.1. The first-order valence-electron chi connectivity index (χ1n) is 6.93. The second kappa shape index (κ2) is 7.24. The monoisotopic (exact) mass is 308 g/mol. The quantitative estimate of drug-likeness (QED) is 0.728. The van der Waals surface area contributed by atoms with Gasteiger partial charge in [-0.05, 0) is 36.8 Å². The molecule has 0 radical (unpaired) electrons. The van der Waals surface area contributed by atoms with E-state index in [9.17, 15) is 8.42 Å². The third-order valence-electron chi connectivity index (χ3n) is 2.95. The Hall–Kier alpha value is -1.86. The number of benzene rings is 1. The predicted molar refractivity (Wildman–Crippen MR) is 82.6 cm³/mol. The molecule has 7 heteroatoms. The van der Waals surface area contributed by atoms with Crippen molar-refractivity contribution in [3.8, 4) is 0 Å². The van der Waals surface area contributed by atoms with Crippen LogP contribution in [0.2, 0.25) is 0 Å². The number of aryl methyl sites for hydroxylation is 1. The topological polar surface area (TPSA) is 76.0 Å². The lowest BCUT2D eigenvalue weighted by molar-refractivity contribution is 0.584. The van der Waals surface area contributed by atoms with Crippen molar-refractivity contribution in [2.24, 2.45) is 0 Å². The van der Waals surface area contributed by atoms with Crippen LogP contribution in [-0.2, 0) is 16.6 Å². The SMILES string of the molecule is CCNS(=O)(=O)c1ccc(NCCCn2cccn2)cc1. The van der Waals surface area contributed by atoms with Crippen molar-refractivity contribution in [1.82, 2.24) is 14.5 Å². The van der Waals surface area contributed by atoms with Crippen LogP contribution in [0.1, 0.15) is 13.3 Å². The number of hydrogen-bond donors (Lipinski definition) is 2. The molecule has 1 heterocycles. The Morgan fingerprint density at radius 1 is 1.24 bits per heavy atom. The van der Waals surface area contributed by atoms with Gasteiger partial charge in [-0.1, -0.05) is 6.92 Å². The highest BCUT2D eigenvalue weighted by molar-refractivity contribution is 7.89. The molecule has 1 aromatic heterocycles. The lowest BCUT2D eigenvalue weighted by Crippen LogP contribution is -2.23. The minimum Gasteiger partial charge on any atom is -0.385 e. The van der Waals surface area contributed by atoms with Gasteiger partial charge >= 0.3 is 0 Å². The Kier molecular flexibility index (Phi) is 5.35. The van der Waals surface area contributed by atoms with Crippen LogP contribution >= 0.6 is 0 Å². The smallest absolute Gasteiger partial charge is 0.240 e. The van der Waals surface area contributed by atoms with Gasteiger partial charge in [-0.15, -0.1) is 0 Å². The minimum atomic E-state index is -3.37. The van der Waals surface area contributed by atoms with Crippen molar-refractivity contribution in [2.75, 3.05) is 18.4 Å². The zero-order valence-corrected chi connectivity index (χ0v) is 12.8. The van der Waals surface area contributed by atoms with Crippen molar-refractivity contribution in [2.45, 2.75) is 24.8 Å². The molecule has 21 heavy (non-hydrogen) atoms. The normalized spacial score (nSPS) is 11.5. The molecule has 0 amide bonds. The molecule has 6 nitrogen and oxygen atoms in total. The van der Waals surface area contributed by atoms with Crippen LogP contribution in [0.3, 0.4) is 0 Å². The van der Waals surface area contributed by atoms with E-state index < -0.39 is 10.0 Å². The minimum absolute atomic E-state index is 0.284. The molecule has 0 saturated heterocycles. The molecule has 2 aromatic rings. The summed E-state index contributed by atoms with van der Waals surface area (Å²) in [6.07, 6.45) is 4.64. The number of anilines is 1. The Morgan fingerprint density at radius 2 is 2.00 bits per heavy atom. The molecular formula is C14H20N4O2S. The van der Waals surface area contributed by atoms with E-state index in [-0.39, 0.29) is 4.90 Å². The Labute approximate surface area is 125 Å². The summed E-state index contributed by atoms with van der Waals surface area (Å²) in [5.74, 6) is 0. The van der Waals surface area contributed by atoms with Gasteiger partial charge in [-0.2, -0.15) is 5.10 Å². The second-order valence-electron chi connectivity index (χ2n) is 4.58. The summed E-state index contributed by atoms with van der Waals surface area (Å²) in [4.78, 5) is 0.284. The summed E-state index contributed by atoms with van der Waals surface area (Å²) in [7, 11) is -3.37. The molecule has 0 aliphatic rings. The highest BCUT2D eigenvalue weighted by Gasteiger charge is 2.11. The van der Waals surface area contributed by atoms with Crippen molar-refractivity contribution >= 4 is 15.7 Å². The molecule has 0 saturated carbocycles. The van der Waals surface area contributed by atoms with Crippen LogP contribution in [0, 0.1) is 0 Å². The van der Waals surface area contributed by atoms with Gasteiger partial charge in [0.1, 0.15) is 0 Å². The second-order valence-corrected chi connectivity index (χ2v) is 6.34. The number of sulfonamides is 1. The predicted octanol–water partition coefficient (Wildman–Crippen LogP) is 1.68. The van der Waals surface area contributed by atoms with Gasteiger partial charge in [0.05, 0.1) is 4.90 Å². The summed E-state index contributed by atoms with van der Waals surface area (Å²) in [5.41, 5.74) is 0.908. The van der Waals surface area contributed by atoms with Gasteiger partial charge in [-0.3, -0.25) is 4.68 Å². The number of nitrogens with one attached hydrogen (secondary N) is 2. The van der Waals surface area contributed by atoms with Crippen molar-refractivity contribution < 1.29 is 8.42 Å². The van der Waals surface area contributed by atoms with E-state index >= 15 is 0 Å². The largest absolute Gasteiger partial charge is 0.385 e. The lowest BCUT2D eigenvalue weighted by atomic mass is 10.3. The fraction of sp³-hybridized carbons (Fsp3) is 0.357. The Balaban J connectivity index is 1.82. The maximum absolute atomic E-state index is 11.8. The molecule has 0 spiro atoms. The summed E-state index contributed by atoms with van der Waals surface area (Å²) >= 11 is 0.